The molecule has 1 atom stereocenters. The van der Waals surface area contributed by atoms with Crippen LogP contribution in [0.2, 0.25) is 0 Å². The van der Waals surface area contributed by atoms with Gasteiger partial charge in [-0.2, -0.15) is 0 Å². The van der Waals surface area contributed by atoms with Gasteiger partial charge in [0, 0.05) is 31.7 Å². The Morgan fingerprint density at radius 2 is 1.82 bits per heavy atom. The lowest BCUT2D eigenvalue weighted by Crippen LogP contribution is -2.36. The van der Waals surface area contributed by atoms with Crippen LogP contribution in [0.4, 0.5) is 4.79 Å². The molecule has 0 radical (unpaired) electrons. The number of rotatable bonds is 8. The fourth-order valence-corrected chi connectivity index (χ4v) is 1.84. The maximum atomic E-state index is 11.4. The van der Waals surface area contributed by atoms with Gasteiger partial charge in [-0.3, -0.25) is 14.9 Å². The van der Waals surface area contributed by atoms with Gasteiger partial charge in [-0.25, -0.2) is 4.79 Å². The van der Waals surface area contributed by atoms with Crippen molar-refractivity contribution >= 4 is 12.1 Å². The first-order chi connectivity index (χ1) is 9.85. The monoisotopic (exact) mass is 318 g/mol. The number of alkyl carbamates (subject to hydrolysis) is 1. The Labute approximate surface area is 130 Å². The fourth-order valence-electron chi connectivity index (χ4n) is 1.84. The highest BCUT2D eigenvalue weighted by molar-refractivity contribution is 5.70. The summed E-state index contributed by atoms with van der Waals surface area (Å²) in [5, 5.41) is 22.5. The Bertz CT molecular complexity index is 414. The van der Waals surface area contributed by atoms with Gasteiger partial charge in [0.1, 0.15) is 5.60 Å². The largest absolute Gasteiger partial charge is 0.481 e. The Balaban J connectivity index is 4.26. The van der Waals surface area contributed by atoms with Crippen LogP contribution in [0.5, 0.6) is 0 Å². The lowest BCUT2D eigenvalue weighted by Gasteiger charge is -2.21. The van der Waals surface area contributed by atoms with Crippen molar-refractivity contribution in [1.82, 2.24) is 5.32 Å². The molecule has 0 aliphatic carbocycles. The minimum absolute atomic E-state index is 0.0538. The fraction of sp³-hybridized carbons (Fsp3) is 0.857. The lowest BCUT2D eigenvalue weighted by molar-refractivity contribution is -0.562. The minimum Gasteiger partial charge on any atom is -0.481 e. The highest BCUT2D eigenvalue weighted by Gasteiger charge is 2.36. The molecule has 0 aromatic carbocycles. The molecule has 0 rings (SSSR count). The number of carbonyl (C=O) groups is 2. The molecule has 0 aliphatic rings. The minimum atomic E-state index is -1.29. The summed E-state index contributed by atoms with van der Waals surface area (Å²) >= 11 is 0. The maximum absolute atomic E-state index is 11.4. The van der Waals surface area contributed by atoms with Crippen LogP contribution in [0.25, 0.3) is 0 Å². The van der Waals surface area contributed by atoms with Gasteiger partial charge in [-0.15, -0.1) is 0 Å². The SMILES string of the molecule is CC(C)(C)OC(=O)NCCC[C@H](CC(C)(C)[N+](=O)[O-])C(=O)O. The van der Waals surface area contributed by atoms with Gasteiger partial charge in [0.2, 0.25) is 5.54 Å². The molecule has 0 aliphatic heterocycles. The average Bonchev–Trinajstić information content (AvgIpc) is 2.30. The highest BCUT2D eigenvalue weighted by Crippen LogP contribution is 2.23. The van der Waals surface area contributed by atoms with Gasteiger partial charge >= 0.3 is 12.1 Å². The number of aliphatic carboxylic acids is 1. The molecular weight excluding hydrogens is 292 g/mol. The molecule has 2 N–H and O–H groups in total. The summed E-state index contributed by atoms with van der Waals surface area (Å²) in [4.78, 5) is 33.0. The molecule has 0 bridgehead atoms. The van der Waals surface area contributed by atoms with Crippen molar-refractivity contribution < 1.29 is 24.4 Å². The standard InChI is InChI=1S/C14H26N2O6/c1-13(2,3)22-12(19)15-8-6-7-10(11(17)18)9-14(4,5)16(20)21/h10H,6-9H2,1-5H3,(H,15,19)(H,17,18)/t10-/m1/s1. The second-order valence-electron chi connectivity index (χ2n) is 6.88. The Morgan fingerprint density at radius 1 is 1.27 bits per heavy atom. The van der Waals surface area contributed by atoms with Crippen molar-refractivity contribution in [1.29, 1.82) is 0 Å². The Morgan fingerprint density at radius 3 is 2.23 bits per heavy atom. The molecule has 0 saturated carbocycles. The number of carboxylic acids is 1. The lowest BCUT2D eigenvalue weighted by atomic mass is 9.88. The average molecular weight is 318 g/mol. The molecule has 0 aromatic rings. The van der Waals surface area contributed by atoms with E-state index in [1.54, 1.807) is 20.8 Å². The predicted octanol–water partition coefficient (Wildman–Crippen LogP) is 2.44. The Hall–Kier alpha value is -1.86. The van der Waals surface area contributed by atoms with Crippen LogP contribution in [0.1, 0.15) is 53.9 Å². The van der Waals surface area contributed by atoms with Crippen LogP contribution in [0.3, 0.4) is 0 Å². The van der Waals surface area contributed by atoms with Crippen molar-refractivity contribution in [3.63, 3.8) is 0 Å². The third kappa shape index (κ3) is 8.43. The van der Waals surface area contributed by atoms with Crippen LogP contribution in [0, 0.1) is 16.0 Å². The summed E-state index contributed by atoms with van der Waals surface area (Å²) in [6.45, 7) is 8.30. The molecule has 22 heavy (non-hydrogen) atoms. The van der Waals surface area contributed by atoms with Crippen LogP contribution in [-0.4, -0.2) is 39.8 Å². The molecular formula is C14H26N2O6. The molecule has 0 heterocycles. The zero-order chi connectivity index (χ0) is 17.6. The van der Waals surface area contributed by atoms with Crippen molar-refractivity contribution in [3.8, 4) is 0 Å². The van der Waals surface area contributed by atoms with Gasteiger partial charge in [0.15, 0.2) is 0 Å². The van der Waals surface area contributed by atoms with Gasteiger partial charge in [0.25, 0.3) is 0 Å². The molecule has 0 saturated heterocycles. The number of ether oxygens (including phenoxy) is 1. The number of hydrogen-bond donors (Lipinski definition) is 2. The highest BCUT2D eigenvalue weighted by atomic mass is 16.6. The molecule has 8 nitrogen and oxygen atoms in total. The molecule has 1 amide bonds. The van der Waals surface area contributed by atoms with Crippen molar-refractivity contribution in [2.24, 2.45) is 5.92 Å². The number of carboxylic acid groups (broad SMARTS) is 1. The van der Waals surface area contributed by atoms with Gasteiger partial charge in [-0.05, 0) is 33.6 Å². The van der Waals surface area contributed by atoms with E-state index in [9.17, 15) is 19.7 Å². The van der Waals surface area contributed by atoms with Crippen LogP contribution in [0.15, 0.2) is 0 Å². The number of amides is 1. The number of hydrogen-bond acceptors (Lipinski definition) is 5. The first-order valence-corrected chi connectivity index (χ1v) is 7.19. The van der Waals surface area contributed by atoms with Crippen LogP contribution < -0.4 is 5.32 Å². The number of nitro groups is 1. The molecule has 128 valence electrons. The second kappa shape index (κ2) is 7.95. The van der Waals surface area contributed by atoms with Crippen molar-refractivity contribution in [2.45, 2.75) is 65.0 Å². The van der Waals surface area contributed by atoms with E-state index < -0.39 is 34.0 Å². The molecule has 0 unspecified atom stereocenters. The normalized spacial score (nSPS) is 13.3. The molecule has 0 fully saturated rings. The predicted molar refractivity (Wildman–Crippen MR) is 80.3 cm³/mol. The summed E-state index contributed by atoms with van der Waals surface area (Å²) in [6.07, 6.45) is 0.0405. The number of carbonyl (C=O) groups excluding carboxylic acids is 1. The third-order valence-corrected chi connectivity index (χ3v) is 2.99. The summed E-state index contributed by atoms with van der Waals surface area (Å²) in [5.41, 5.74) is -1.88. The van der Waals surface area contributed by atoms with E-state index in [4.69, 9.17) is 9.84 Å². The van der Waals surface area contributed by atoms with E-state index in [0.29, 0.717) is 6.42 Å². The molecule has 0 spiro atoms. The van der Waals surface area contributed by atoms with Gasteiger partial charge < -0.3 is 15.2 Å². The smallest absolute Gasteiger partial charge is 0.407 e. The summed E-state index contributed by atoms with van der Waals surface area (Å²) in [7, 11) is 0. The zero-order valence-corrected chi connectivity index (χ0v) is 13.8. The van der Waals surface area contributed by atoms with Crippen molar-refractivity contribution in [3.05, 3.63) is 10.1 Å². The summed E-state index contributed by atoms with van der Waals surface area (Å²) < 4.78 is 5.05. The van der Waals surface area contributed by atoms with E-state index in [1.807, 2.05) is 0 Å². The van der Waals surface area contributed by atoms with E-state index in [2.05, 4.69) is 5.32 Å². The number of nitrogens with one attached hydrogen (secondary N) is 1. The first kappa shape index (κ1) is 20.1. The second-order valence-corrected chi connectivity index (χ2v) is 6.88. The zero-order valence-electron chi connectivity index (χ0n) is 13.8. The first-order valence-electron chi connectivity index (χ1n) is 7.19. The van der Waals surface area contributed by atoms with E-state index >= 15 is 0 Å². The van der Waals surface area contributed by atoms with Gasteiger partial charge in [-0.1, -0.05) is 0 Å². The summed E-state index contributed by atoms with van der Waals surface area (Å²) in [6, 6.07) is 0. The van der Waals surface area contributed by atoms with Crippen molar-refractivity contribution in [2.75, 3.05) is 6.54 Å². The molecule has 0 aromatic heterocycles. The van der Waals surface area contributed by atoms with Crippen LogP contribution >= 0.6 is 0 Å². The maximum Gasteiger partial charge on any atom is 0.407 e. The van der Waals surface area contributed by atoms with E-state index in [0.717, 1.165) is 0 Å². The van der Waals surface area contributed by atoms with E-state index in [-0.39, 0.29) is 19.4 Å². The Kier molecular flexibility index (Phi) is 7.28. The van der Waals surface area contributed by atoms with Gasteiger partial charge in [0.05, 0.1) is 5.92 Å². The van der Waals surface area contributed by atoms with Crippen LogP contribution in [-0.2, 0) is 9.53 Å². The van der Waals surface area contributed by atoms with E-state index in [1.165, 1.54) is 13.8 Å². The topological polar surface area (TPSA) is 119 Å². The summed E-state index contributed by atoms with van der Waals surface area (Å²) in [5.74, 6) is -1.88. The third-order valence-electron chi connectivity index (χ3n) is 2.99. The quantitative estimate of drug-likeness (QED) is 0.403. The molecule has 8 heteroatoms. The number of nitrogens with zero attached hydrogens (tertiary/aromatic N) is 1.